The van der Waals surface area contributed by atoms with Crippen molar-refractivity contribution < 1.29 is 19.0 Å². The van der Waals surface area contributed by atoms with Crippen molar-refractivity contribution in [2.45, 2.75) is 19.8 Å². The van der Waals surface area contributed by atoms with Crippen LogP contribution in [0.5, 0.6) is 0 Å². The van der Waals surface area contributed by atoms with E-state index in [2.05, 4.69) is 17.6 Å². The van der Waals surface area contributed by atoms with Crippen molar-refractivity contribution in [3.05, 3.63) is 0 Å². The van der Waals surface area contributed by atoms with Gasteiger partial charge in [-0.25, -0.2) is 0 Å². The van der Waals surface area contributed by atoms with Crippen LogP contribution in [0, 0.1) is 0 Å². The highest BCUT2D eigenvalue weighted by atomic mass is 16.5. The molecule has 0 bridgehead atoms. The van der Waals surface area contributed by atoms with E-state index >= 15 is 0 Å². The number of ether oxygens (including phenoxy) is 3. The third kappa shape index (κ3) is 15.3. The summed E-state index contributed by atoms with van der Waals surface area (Å²) >= 11 is 0. The summed E-state index contributed by atoms with van der Waals surface area (Å²) in [6, 6.07) is 0. The second-order valence-corrected chi connectivity index (χ2v) is 4.04. The number of hydrogen-bond donors (Lipinski definition) is 2. The summed E-state index contributed by atoms with van der Waals surface area (Å²) < 4.78 is 15.8. The van der Waals surface area contributed by atoms with Crippen LogP contribution in [0.25, 0.3) is 0 Å². The highest BCUT2D eigenvalue weighted by molar-refractivity contribution is 5.75. The molecule has 0 aliphatic rings. The van der Waals surface area contributed by atoms with Crippen LogP contribution in [0.3, 0.4) is 0 Å². The van der Waals surface area contributed by atoms with Gasteiger partial charge in [-0.15, -0.1) is 0 Å². The normalized spacial score (nSPS) is 10.6. The molecule has 0 aliphatic carbocycles. The maximum absolute atomic E-state index is 11.4. The van der Waals surface area contributed by atoms with Gasteiger partial charge in [0, 0.05) is 26.1 Å². The van der Waals surface area contributed by atoms with Crippen molar-refractivity contribution in [1.29, 1.82) is 0 Å². The van der Waals surface area contributed by atoms with Gasteiger partial charge in [0.05, 0.1) is 33.0 Å². The van der Waals surface area contributed by atoms with Crippen molar-refractivity contribution in [2.75, 3.05) is 59.8 Å². The van der Waals surface area contributed by atoms with Gasteiger partial charge < -0.3 is 24.8 Å². The number of carbonyl (C=O) groups is 1. The lowest BCUT2D eigenvalue weighted by atomic mass is 10.4. The second kappa shape index (κ2) is 15.4. The molecule has 0 spiro atoms. The van der Waals surface area contributed by atoms with Gasteiger partial charge in [-0.2, -0.15) is 0 Å². The minimum atomic E-state index is -0.00352. The maximum Gasteiger partial charge on any atom is 0.222 e. The Morgan fingerprint density at radius 1 is 0.895 bits per heavy atom. The second-order valence-electron chi connectivity index (χ2n) is 4.04. The Balaban J connectivity index is 3.12. The molecule has 0 unspecified atom stereocenters. The summed E-state index contributed by atoms with van der Waals surface area (Å²) in [7, 11) is 1.88. The van der Waals surface area contributed by atoms with Crippen molar-refractivity contribution in [3.8, 4) is 0 Å². The van der Waals surface area contributed by atoms with Gasteiger partial charge in [-0.1, -0.05) is 6.92 Å². The zero-order valence-corrected chi connectivity index (χ0v) is 12.2. The molecule has 1 amide bonds. The molecule has 6 heteroatoms. The molecule has 0 aliphatic heterocycles. The summed E-state index contributed by atoms with van der Waals surface area (Å²) in [6.45, 7) is 6.96. The third-order valence-electron chi connectivity index (χ3n) is 2.26. The lowest BCUT2D eigenvalue weighted by Gasteiger charge is -2.07. The fourth-order valence-electron chi connectivity index (χ4n) is 1.26. The maximum atomic E-state index is 11.4. The van der Waals surface area contributed by atoms with Crippen molar-refractivity contribution in [2.24, 2.45) is 0 Å². The van der Waals surface area contributed by atoms with Crippen molar-refractivity contribution >= 4 is 5.91 Å². The van der Waals surface area contributed by atoms with E-state index < -0.39 is 0 Å². The molecule has 0 rings (SSSR count). The van der Waals surface area contributed by atoms with E-state index in [0.29, 0.717) is 46.0 Å². The van der Waals surface area contributed by atoms with Crippen LogP contribution in [0.15, 0.2) is 0 Å². The number of amides is 1. The van der Waals surface area contributed by atoms with Gasteiger partial charge in [0.25, 0.3) is 0 Å². The molecular formula is C13H28N2O4. The van der Waals surface area contributed by atoms with E-state index in [1.165, 1.54) is 0 Å². The van der Waals surface area contributed by atoms with Crippen LogP contribution in [0.4, 0.5) is 0 Å². The average Bonchev–Trinajstić information content (AvgIpc) is 2.41. The number of likely N-dealkylation sites (N-methyl/N-ethyl adjacent to an activating group) is 1. The van der Waals surface area contributed by atoms with Crippen LogP contribution < -0.4 is 10.6 Å². The number of nitrogens with one attached hydrogen (secondary N) is 2. The average molecular weight is 276 g/mol. The van der Waals surface area contributed by atoms with Crippen LogP contribution in [0.2, 0.25) is 0 Å². The zero-order chi connectivity index (χ0) is 14.2. The van der Waals surface area contributed by atoms with E-state index in [4.69, 9.17) is 14.2 Å². The monoisotopic (exact) mass is 276 g/mol. The van der Waals surface area contributed by atoms with E-state index in [0.717, 1.165) is 19.6 Å². The third-order valence-corrected chi connectivity index (χ3v) is 2.26. The first-order valence-electron chi connectivity index (χ1n) is 6.95. The topological polar surface area (TPSA) is 68.8 Å². The number of hydrogen-bond acceptors (Lipinski definition) is 5. The number of carbonyl (C=O) groups excluding carboxylic acids is 1. The molecule has 0 heterocycles. The van der Waals surface area contributed by atoms with Crippen molar-refractivity contribution in [1.82, 2.24) is 10.6 Å². The molecule has 114 valence electrons. The summed E-state index contributed by atoms with van der Waals surface area (Å²) in [4.78, 5) is 11.4. The van der Waals surface area contributed by atoms with Gasteiger partial charge in [0.15, 0.2) is 0 Å². The minimum Gasteiger partial charge on any atom is -0.380 e. The largest absolute Gasteiger partial charge is 0.380 e. The van der Waals surface area contributed by atoms with Crippen LogP contribution in [0.1, 0.15) is 19.8 Å². The molecule has 0 aromatic heterocycles. The van der Waals surface area contributed by atoms with Crippen LogP contribution in [-0.2, 0) is 19.0 Å². The van der Waals surface area contributed by atoms with Gasteiger partial charge in [0.1, 0.15) is 0 Å². The highest BCUT2D eigenvalue weighted by Gasteiger charge is 2.00. The highest BCUT2D eigenvalue weighted by Crippen LogP contribution is 1.85. The minimum absolute atomic E-state index is 0.00352. The first-order chi connectivity index (χ1) is 9.31. The molecular weight excluding hydrogens is 248 g/mol. The summed E-state index contributed by atoms with van der Waals surface area (Å²) in [5.74, 6) is -0.00352. The molecule has 0 aromatic rings. The molecule has 0 atom stereocenters. The summed E-state index contributed by atoms with van der Waals surface area (Å²) in [6.07, 6.45) is 1.38. The summed E-state index contributed by atoms with van der Waals surface area (Å²) in [5, 5.41) is 5.76. The van der Waals surface area contributed by atoms with Gasteiger partial charge in [0.2, 0.25) is 5.91 Å². The lowest BCUT2D eigenvalue weighted by Crippen LogP contribution is -2.28. The van der Waals surface area contributed by atoms with Gasteiger partial charge in [-0.05, 0) is 13.5 Å². The van der Waals surface area contributed by atoms with Crippen LogP contribution in [-0.4, -0.2) is 65.7 Å². The van der Waals surface area contributed by atoms with E-state index in [-0.39, 0.29) is 5.91 Å². The first-order valence-corrected chi connectivity index (χ1v) is 6.95. The fourth-order valence-corrected chi connectivity index (χ4v) is 1.26. The quantitative estimate of drug-likeness (QED) is 0.443. The van der Waals surface area contributed by atoms with Crippen LogP contribution >= 0.6 is 0 Å². The Labute approximate surface area is 116 Å². The molecule has 0 saturated heterocycles. The van der Waals surface area contributed by atoms with E-state index in [9.17, 15) is 4.79 Å². The Bertz CT molecular complexity index is 203. The predicted octanol–water partition coefficient (Wildman–Crippen LogP) is 0.172. The SMILES string of the molecule is CCCOCCNC(=O)CCOCCOCCNC. The zero-order valence-electron chi connectivity index (χ0n) is 12.2. The summed E-state index contributed by atoms with van der Waals surface area (Å²) in [5.41, 5.74) is 0. The Kier molecular flexibility index (Phi) is 14.8. The number of rotatable bonds is 14. The lowest BCUT2D eigenvalue weighted by molar-refractivity contribution is -0.122. The molecule has 0 saturated carbocycles. The van der Waals surface area contributed by atoms with Gasteiger partial charge in [-0.3, -0.25) is 4.79 Å². The first kappa shape index (κ1) is 18.3. The molecule has 19 heavy (non-hydrogen) atoms. The molecule has 0 fully saturated rings. The Hall–Kier alpha value is -0.690. The van der Waals surface area contributed by atoms with E-state index in [1.54, 1.807) is 0 Å². The Morgan fingerprint density at radius 3 is 2.21 bits per heavy atom. The predicted molar refractivity (Wildman–Crippen MR) is 74.3 cm³/mol. The molecule has 0 aromatic carbocycles. The van der Waals surface area contributed by atoms with Gasteiger partial charge >= 0.3 is 0 Å². The molecule has 2 N–H and O–H groups in total. The molecule has 0 radical (unpaired) electrons. The standard InChI is InChI=1S/C13H28N2O4/c1-3-7-17-10-6-15-13(16)4-8-18-11-12-19-9-5-14-2/h14H,3-12H2,1-2H3,(H,15,16). The van der Waals surface area contributed by atoms with E-state index in [1.807, 2.05) is 7.05 Å². The van der Waals surface area contributed by atoms with Crippen molar-refractivity contribution in [3.63, 3.8) is 0 Å². The fraction of sp³-hybridized carbons (Fsp3) is 0.923. The smallest absolute Gasteiger partial charge is 0.222 e. The molecule has 6 nitrogen and oxygen atoms in total. The Morgan fingerprint density at radius 2 is 1.53 bits per heavy atom.